The number of nitrogens with one attached hydrogen (secondary N) is 11. The van der Waals surface area contributed by atoms with Crippen molar-refractivity contribution in [3.63, 3.8) is 0 Å². The average molecular weight is 965 g/mol. The Hall–Kier alpha value is -7.78. The number of amides is 8. The number of rotatable bonds is 16. The van der Waals surface area contributed by atoms with E-state index in [9.17, 15) is 38.4 Å². The van der Waals surface area contributed by atoms with E-state index in [4.69, 9.17) is 16.9 Å². The summed E-state index contributed by atoms with van der Waals surface area (Å²) < 4.78 is 0. The molecule has 1 saturated carbocycles. The quantitative estimate of drug-likeness (QED) is 0.0384. The number of hydrogen-bond acceptors (Lipinski definition) is 10. The summed E-state index contributed by atoms with van der Waals surface area (Å²) in [5, 5.41) is 30.2. The number of carbonyl (C=O) groups is 8. The Bertz CT molecular complexity index is 2460. The van der Waals surface area contributed by atoms with E-state index in [-0.39, 0.29) is 88.7 Å². The summed E-state index contributed by atoms with van der Waals surface area (Å²) in [6, 6.07) is 8.31. The van der Waals surface area contributed by atoms with Crippen molar-refractivity contribution < 1.29 is 38.4 Å². The fourth-order valence-corrected chi connectivity index (χ4v) is 8.77. The molecular formula is C48H64N14O8. The lowest BCUT2D eigenvalue weighted by Gasteiger charge is -2.27. The van der Waals surface area contributed by atoms with Crippen molar-refractivity contribution in [3.05, 3.63) is 90.1 Å². The minimum Gasteiger partial charge on any atom is -0.370 e. The molecule has 2 aromatic carbocycles. The van der Waals surface area contributed by atoms with Crippen LogP contribution in [0.15, 0.2) is 73.3 Å². The average Bonchev–Trinajstić information content (AvgIpc) is 4.14. The van der Waals surface area contributed by atoms with Gasteiger partial charge in [0.05, 0.1) is 12.0 Å². The summed E-state index contributed by atoms with van der Waals surface area (Å²) in [6.45, 7) is -0.0332. The second-order valence-corrected chi connectivity index (χ2v) is 17.9. The van der Waals surface area contributed by atoms with Crippen LogP contribution in [0.25, 0.3) is 10.9 Å². The molecule has 0 radical (unpaired) electrons. The first-order valence-corrected chi connectivity index (χ1v) is 23.7. The monoisotopic (exact) mass is 965 g/mol. The molecule has 2 aromatic heterocycles. The second kappa shape index (κ2) is 25.5. The smallest absolute Gasteiger partial charge is 0.243 e. The highest BCUT2D eigenvalue weighted by molar-refractivity contribution is 5.97. The number of guanidine groups is 1. The molecule has 1 saturated heterocycles. The highest BCUT2D eigenvalue weighted by atomic mass is 16.2. The molecule has 3 heterocycles. The van der Waals surface area contributed by atoms with E-state index < -0.39 is 77.6 Å². The molecule has 2 aliphatic rings. The van der Waals surface area contributed by atoms with Gasteiger partial charge in [0, 0.05) is 68.5 Å². The van der Waals surface area contributed by atoms with Crippen LogP contribution in [0.1, 0.15) is 81.0 Å². The first-order valence-electron chi connectivity index (χ1n) is 23.7. The molecule has 0 unspecified atom stereocenters. The molecule has 8 amide bonds. The van der Waals surface area contributed by atoms with Crippen molar-refractivity contribution in [2.24, 2.45) is 17.4 Å². The minimum atomic E-state index is -1.40. The Labute approximate surface area is 404 Å². The number of benzene rings is 2. The molecule has 1 aliphatic heterocycles. The lowest BCUT2D eigenvalue weighted by molar-refractivity contribution is -0.135. The molecule has 6 atom stereocenters. The van der Waals surface area contributed by atoms with Gasteiger partial charge in [-0.15, -0.1) is 0 Å². The largest absolute Gasteiger partial charge is 0.370 e. The number of H-pyrrole nitrogens is 2. The fraction of sp³-hybridized carbons (Fsp3) is 0.458. The maximum absolute atomic E-state index is 14.5. The van der Waals surface area contributed by atoms with Gasteiger partial charge in [0.1, 0.15) is 36.3 Å². The van der Waals surface area contributed by atoms with Crippen molar-refractivity contribution in [3.8, 4) is 0 Å². The van der Waals surface area contributed by atoms with E-state index in [0.717, 1.165) is 36.6 Å². The van der Waals surface area contributed by atoms with Crippen LogP contribution in [0.3, 0.4) is 0 Å². The molecule has 22 heteroatoms. The highest BCUT2D eigenvalue weighted by Crippen LogP contribution is 2.27. The van der Waals surface area contributed by atoms with Gasteiger partial charge in [0.2, 0.25) is 47.3 Å². The van der Waals surface area contributed by atoms with Crippen LogP contribution in [0.5, 0.6) is 0 Å². The lowest BCUT2D eigenvalue weighted by atomic mass is 10.0. The molecule has 4 aromatic rings. The third kappa shape index (κ3) is 15.6. The number of aromatic nitrogens is 3. The summed E-state index contributed by atoms with van der Waals surface area (Å²) in [7, 11) is 0. The van der Waals surface area contributed by atoms with Gasteiger partial charge >= 0.3 is 0 Å². The van der Waals surface area contributed by atoms with Crippen LogP contribution >= 0.6 is 0 Å². The van der Waals surface area contributed by atoms with E-state index in [1.807, 2.05) is 24.3 Å². The molecule has 6 rings (SSSR count). The Morgan fingerprint density at radius 1 is 0.786 bits per heavy atom. The minimum absolute atomic E-state index is 0.00728. The maximum atomic E-state index is 14.5. The molecule has 22 nitrogen and oxygen atoms in total. The number of aromatic amines is 2. The van der Waals surface area contributed by atoms with Gasteiger partial charge < -0.3 is 64.0 Å². The van der Waals surface area contributed by atoms with Crippen molar-refractivity contribution in [2.75, 3.05) is 13.1 Å². The van der Waals surface area contributed by atoms with Gasteiger partial charge in [-0.25, -0.2) is 4.98 Å². The predicted molar refractivity (Wildman–Crippen MR) is 258 cm³/mol. The first-order chi connectivity index (χ1) is 33.7. The summed E-state index contributed by atoms with van der Waals surface area (Å²) >= 11 is 0. The molecule has 2 fully saturated rings. The summed E-state index contributed by atoms with van der Waals surface area (Å²) in [5.41, 5.74) is 13.9. The van der Waals surface area contributed by atoms with Gasteiger partial charge in [-0.1, -0.05) is 61.4 Å². The zero-order valence-electron chi connectivity index (χ0n) is 38.9. The number of nitrogens with two attached hydrogens (primary N) is 2. The maximum Gasteiger partial charge on any atom is 0.243 e. The fourth-order valence-electron chi connectivity index (χ4n) is 8.77. The summed E-state index contributed by atoms with van der Waals surface area (Å²) in [5.74, 6) is -5.85. The third-order valence-corrected chi connectivity index (χ3v) is 12.5. The Morgan fingerprint density at radius 3 is 2.19 bits per heavy atom. The number of fused-ring (bicyclic) bond motifs is 1. The molecular weight excluding hydrogens is 901 g/mol. The highest BCUT2D eigenvalue weighted by Gasteiger charge is 2.35. The van der Waals surface area contributed by atoms with Gasteiger partial charge in [-0.05, 0) is 61.6 Å². The molecule has 0 bridgehead atoms. The van der Waals surface area contributed by atoms with E-state index in [0.29, 0.717) is 16.8 Å². The number of para-hydroxylation sites is 1. The van der Waals surface area contributed by atoms with Crippen LogP contribution in [-0.4, -0.2) is 118 Å². The van der Waals surface area contributed by atoms with Crippen molar-refractivity contribution in [1.29, 1.82) is 5.41 Å². The zero-order valence-corrected chi connectivity index (χ0v) is 38.9. The van der Waals surface area contributed by atoms with Crippen LogP contribution in [0.4, 0.5) is 0 Å². The summed E-state index contributed by atoms with van der Waals surface area (Å²) in [4.78, 5) is 122. The SMILES string of the molecule is N=C(N)NCCC[C@@H]1NC(=O)[C@@H](Cc2ccccc2)NC(=O)[C@H](Cc2c[nH]cn2)NC(=O)[C@@H](NC(=O)CC2CCCC2)CCC(=O)NCC[C@@H](C(=O)N[C@@H](Cc2c[nH]c3ccccc23)C(N)=O)NC1=O. The van der Waals surface area contributed by atoms with Crippen molar-refractivity contribution >= 4 is 64.1 Å². The topological polar surface area (TPSA) is 353 Å². The second-order valence-electron chi connectivity index (χ2n) is 17.9. The van der Waals surface area contributed by atoms with Gasteiger partial charge in [-0.3, -0.25) is 43.8 Å². The van der Waals surface area contributed by atoms with Crippen molar-refractivity contribution in [1.82, 2.24) is 57.5 Å². The van der Waals surface area contributed by atoms with Gasteiger partial charge in [0.15, 0.2) is 5.96 Å². The molecule has 1 aliphatic carbocycles. The molecule has 0 spiro atoms. The Morgan fingerprint density at radius 2 is 1.47 bits per heavy atom. The summed E-state index contributed by atoms with van der Waals surface area (Å²) in [6.07, 6.45) is 7.96. The van der Waals surface area contributed by atoms with E-state index in [2.05, 4.69) is 57.5 Å². The van der Waals surface area contributed by atoms with Gasteiger partial charge in [0.25, 0.3) is 0 Å². The molecule has 70 heavy (non-hydrogen) atoms. The molecule has 374 valence electrons. The van der Waals surface area contributed by atoms with Gasteiger partial charge in [-0.2, -0.15) is 0 Å². The van der Waals surface area contributed by atoms with Crippen LogP contribution in [0, 0.1) is 11.3 Å². The third-order valence-electron chi connectivity index (χ3n) is 12.5. The van der Waals surface area contributed by atoms with E-state index in [1.54, 1.807) is 42.7 Å². The number of hydrogen-bond donors (Lipinski definition) is 13. The van der Waals surface area contributed by atoms with E-state index in [1.165, 1.54) is 6.33 Å². The standard InChI is InChI=1S/C48H64N14O8/c49-42(65)37(23-30-25-55-33-14-7-6-13-32(30)33)60-45(68)36-18-20-53-40(63)17-16-35(57-41(64)22-29-11-4-5-12-29)44(67)62-39(24-31-26-52-27-56-31)47(70)61-38(21-28-9-2-1-3-10-28)46(69)58-34(43(66)59-36)15-8-19-54-48(50)51/h1-3,6-7,9-10,13-14,25-27,29,34-39,55H,4-5,8,11-12,15-24H2,(H2,49,65)(H,52,56)(H,53,63)(H,57,64)(H,58,69)(H,59,66)(H,60,68)(H,61,70)(H,62,67)(H4,50,51,54)/t34-,35-,36-,37-,38+,39-/m0/s1. The number of nitrogens with zero attached hydrogens (tertiary/aromatic N) is 1. The Balaban J connectivity index is 1.31. The van der Waals surface area contributed by atoms with Crippen LogP contribution in [-0.2, 0) is 57.6 Å². The lowest BCUT2D eigenvalue weighted by Crippen LogP contribution is -2.60. The first kappa shape index (κ1) is 51.6. The Kier molecular flexibility index (Phi) is 18.8. The number of carbonyl (C=O) groups excluding carboxylic acids is 8. The van der Waals surface area contributed by atoms with Crippen LogP contribution < -0.4 is 54.0 Å². The normalized spacial score (nSPS) is 21.6. The predicted octanol–water partition coefficient (Wildman–Crippen LogP) is -0.543. The number of primary amides is 1. The zero-order chi connectivity index (χ0) is 50.0. The molecule has 15 N–H and O–H groups in total. The van der Waals surface area contributed by atoms with Crippen LogP contribution in [0.2, 0.25) is 0 Å². The van der Waals surface area contributed by atoms with Crippen molar-refractivity contribution in [2.45, 2.75) is 120 Å². The number of imidazole rings is 1. The van der Waals surface area contributed by atoms with E-state index >= 15 is 0 Å².